The van der Waals surface area contributed by atoms with Gasteiger partial charge >= 0.3 is 0 Å². The van der Waals surface area contributed by atoms with E-state index < -0.39 is 6.10 Å². The smallest absolute Gasteiger partial charge is 0.277 e. The van der Waals surface area contributed by atoms with E-state index in [1.54, 1.807) is 30.3 Å². The summed E-state index contributed by atoms with van der Waals surface area (Å²) >= 11 is 1.10. The molecule has 1 aromatic heterocycles. The maximum Gasteiger partial charge on any atom is 0.277 e. The first-order valence-corrected chi connectivity index (χ1v) is 9.83. The fraction of sp³-hybridized carbons (Fsp3) is 0.200. The molecule has 1 N–H and O–H groups in total. The number of ketones is 1. The summed E-state index contributed by atoms with van der Waals surface area (Å²) in [6.45, 7) is 1.71. The summed E-state index contributed by atoms with van der Waals surface area (Å²) in [5.74, 6) is 1.21. The van der Waals surface area contributed by atoms with Crippen LogP contribution in [0.4, 0.5) is 5.69 Å². The van der Waals surface area contributed by atoms with Crippen LogP contribution in [0.5, 0.6) is 11.5 Å². The largest absolute Gasteiger partial charge is 0.485 e. The van der Waals surface area contributed by atoms with Crippen LogP contribution >= 0.6 is 11.8 Å². The zero-order chi connectivity index (χ0) is 20.2. The Labute approximate surface area is 170 Å². The highest BCUT2D eigenvalue weighted by Gasteiger charge is 2.27. The number of benzene rings is 2. The molecule has 29 heavy (non-hydrogen) atoms. The van der Waals surface area contributed by atoms with E-state index in [0.717, 1.165) is 11.8 Å². The van der Waals surface area contributed by atoms with Gasteiger partial charge in [0.1, 0.15) is 6.61 Å². The second-order valence-electron chi connectivity index (χ2n) is 6.21. The Morgan fingerprint density at radius 3 is 2.69 bits per heavy atom. The third-order valence-electron chi connectivity index (χ3n) is 4.11. The number of carbonyl (C=O) groups is 2. The van der Waals surface area contributed by atoms with Crippen molar-refractivity contribution >= 4 is 29.1 Å². The van der Waals surface area contributed by atoms with Crippen molar-refractivity contribution in [2.45, 2.75) is 18.3 Å². The molecule has 1 amide bonds. The molecule has 9 heteroatoms. The second kappa shape index (κ2) is 8.36. The van der Waals surface area contributed by atoms with Crippen molar-refractivity contribution in [2.24, 2.45) is 0 Å². The average molecular weight is 411 g/mol. The van der Waals surface area contributed by atoms with Crippen molar-refractivity contribution < 1.29 is 23.5 Å². The first-order chi connectivity index (χ1) is 14.1. The van der Waals surface area contributed by atoms with Gasteiger partial charge in [-0.05, 0) is 31.2 Å². The van der Waals surface area contributed by atoms with Crippen molar-refractivity contribution in [3.63, 3.8) is 0 Å². The van der Waals surface area contributed by atoms with Crippen LogP contribution in [0.2, 0.25) is 0 Å². The molecule has 148 valence electrons. The number of rotatable bonds is 6. The number of hydrogen-bond donors (Lipinski definition) is 1. The van der Waals surface area contributed by atoms with E-state index in [9.17, 15) is 9.59 Å². The van der Waals surface area contributed by atoms with Crippen molar-refractivity contribution in [2.75, 3.05) is 17.7 Å². The molecule has 3 aromatic rings. The Balaban J connectivity index is 1.34. The van der Waals surface area contributed by atoms with Gasteiger partial charge in [0.05, 0.1) is 11.4 Å². The Bertz CT molecular complexity index is 1050. The number of Topliss-reactive ketones (excluding diaryl/α,β-unsaturated/α-hetero) is 1. The number of nitrogens with one attached hydrogen (secondary N) is 1. The molecule has 0 bridgehead atoms. The van der Waals surface area contributed by atoms with E-state index in [4.69, 9.17) is 13.9 Å². The highest BCUT2D eigenvalue weighted by Crippen LogP contribution is 2.35. The maximum absolute atomic E-state index is 12.2. The van der Waals surface area contributed by atoms with Crippen molar-refractivity contribution in [1.29, 1.82) is 0 Å². The predicted octanol–water partition coefficient (Wildman–Crippen LogP) is 3.52. The topological polar surface area (TPSA) is 104 Å². The van der Waals surface area contributed by atoms with Gasteiger partial charge in [-0.25, -0.2) is 0 Å². The quantitative estimate of drug-likeness (QED) is 0.485. The van der Waals surface area contributed by atoms with Gasteiger partial charge < -0.3 is 19.2 Å². The van der Waals surface area contributed by atoms with E-state index in [-0.39, 0.29) is 35.2 Å². The number of ether oxygens (including phenoxy) is 2. The number of nitrogens with zero attached hydrogens (tertiary/aromatic N) is 2. The molecule has 2 heterocycles. The standard InChI is InChI=1S/C20H17N3O5S/c1-12(24)13-6-2-3-7-14(13)21-18(25)11-29-20-23-22-19(28-20)17-10-26-15-8-4-5-9-16(15)27-17/h2-9,17H,10-11H2,1H3,(H,21,25)/t17-/m1/s1. The summed E-state index contributed by atoms with van der Waals surface area (Å²) < 4.78 is 17.1. The van der Waals surface area contributed by atoms with Crippen LogP contribution < -0.4 is 14.8 Å². The fourth-order valence-corrected chi connectivity index (χ4v) is 3.33. The van der Waals surface area contributed by atoms with Gasteiger partial charge in [0.15, 0.2) is 17.3 Å². The molecule has 0 saturated heterocycles. The molecule has 0 unspecified atom stereocenters. The lowest BCUT2D eigenvalue weighted by atomic mass is 10.1. The lowest BCUT2D eigenvalue weighted by molar-refractivity contribution is -0.113. The second-order valence-corrected chi connectivity index (χ2v) is 7.14. The van der Waals surface area contributed by atoms with Crippen LogP contribution in [0, 0.1) is 0 Å². The SMILES string of the molecule is CC(=O)c1ccccc1NC(=O)CSc1nnc([C@H]2COc3ccccc3O2)o1. The Hall–Kier alpha value is -3.33. The predicted molar refractivity (Wildman–Crippen MR) is 105 cm³/mol. The van der Waals surface area contributed by atoms with E-state index in [1.165, 1.54) is 6.92 Å². The zero-order valence-corrected chi connectivity index (χ0v) is 16.3. The number of thioether (sulfide) groups is 1. The van der Waals surface area contributed by atoms with E-state index in [2.05, 4.69) is 15.5 Å². The highest BCUT2D eigenvalue weighted by atomic mass is 32.2. The highest BCUT2D eigenvalue weighted by molar-refractivity contribution is 7.99. The summed E-state index contributed by atoms with van der Waals surface area (Å²) in [6, 6.07) is 14.2. The van der Waals surface area contributed by atoms with Gasteiger partial charge in [0.25, 0.3) is 11.1 Å². The third kappa shape index (κ3) is 4.40. The molecule has 0 radical (unpaired) electrons. The molecule has 0 aliphatic carbocycles. The molecule has 0 saturated carbocycles. The van der Waals surface area contributed by atoms with Gasteiger partial charge in [0.2, 0.25) is 12.0 Å². The Morgan fingerprint density at radius 1 is 1.10 bits per heavy atom. The zero-order valence-electron chi connectivity index (χ0n) is 15.5. The number of carbonyl (C=O) groups excluding carboxylic acids is 2. The molecule has 8 nitrogen and oxygen atoms in total. The van der Waals surface area contributed by atoms with Gasteiger partial charge in [-0.15, -0.1) is 10.2 Å². The average Bonchev–Trinajstić information content (AvgIpc) is 3.21. The van der Waals surface area contributed by atoms with Gasteiger partial charge in [0, 0.05) is 5.56 Å². The van der Waals surface area contributed by atoms with Crippen molar-refractivity contribution in [3.05, 3.63) is 60.0 Å². The van der Waals surface area contributed by atoms with E-state index in [0.29, 0.717) is 22.7 Å². The lowest BCUT2D eigenvalue weighted by Crippen LogP contribution is -2.21. The van der Waals surface area contributed by atoms with Gasteiger partial charge in [-0.1, -0.05) is 36.0 Å². The van der Waals surface area contributed by atoms with Crippen LogP contribution in [0.25, 0.3) is 0 Å². The monoisotopic (exact) mass is 411 g/mol. The van der Waals surface area contributed by atoms with Crippen molar-refractivity contribution in [3.8, 4) is 11.5 Å². The molecule has 2 aromatic carbocycles. The number of amides is 1. The van der Waals surface area contributed by atoms with Crippen LogP contribution in [-0.4, -0.2) is 34.2 Å². The summed E-state index contributed by atoms with van der Waals surface area (Å²) in [7, 11) is 0. The molecule has 1 atom stereocenters. The van der Waals surface area contributed by atoms with E-state index in [1.807, 2.05) is 18.2 Å². The lowest BCUT2D eigenvalue weighted by Gasteiger charge is -2.23. The van der Waals surface area contributed by atoms with Crippen molar-refractivity contribution in [1.82, 2.24) is 10.2 Å². The minimum Gasteiger partial charge on any atom is -0.485 e. The molecule has 1 aliphatic rings. The fourth-order valence-electron chi connectivity index (χ4n) is 2.76. The van der Waals surface area contributed by atoms with Crippen LogP contribution in [0.15, 0.2) is 58.2 Å². The number of hydrogen-bond acceptors (Lipinski definition) is 8. The van der Waals surface area contributed by atoms with Crippen LogP contribution in [-0.2, 0) is 4.79 Å². The third-order valence-corrected chi connectivity index (χ3v) is 4.93. The number of anilines is 1. The molecule has 1 aliphatic heterocycles. The first-order valence-electron chi connectivity index (χ1n) is 8.84. The van der Waals surface area contributed by atoms with E-state index >= 15 is 0 Å². The normalized spacial score (nSPS) is 15.0. The summed E-state index contributed by atoms with van der Waals surface area (Å²) in [6.07, 6.45) is -0.511. The Morgan fingerprint density at radius 2 is 1.86 bits per heavy atom. The van der Waals surface area contributed by atoms with Crippen LogP contribution in [0.3, 0.4) is 0 Å². The molecular weight excluding hydrogens is 394 g/mol. The summed E-state index contributed by atoms with van der Waals surface area (Å²) in [4.78, 5) is 23.9. The minimum atomic E-state index is -0.511. The summed E-state index contributed by atoms with van der Waals surface area (Å²) in [5, 5.41) is 10.9. The maximum atomic E-state index is 12.2. The number of para-hydroxylation sites is 3. The molecular formula is C20H17N3O5S. The van der Waals surface area contributed by atoms with Gasteiger partial charge in [-0.2, -0.15) is 0 Å². The molecule has 0 spiro atoms. The number of aromatic nitrogens is 2. The van der Waals surface area contributed by atoms with Gasteiger partial charge in [-0.3, -0.25) is 9.59 Å². The molecule has 4 rings (SSSR count). The molecule has 0 fully saturated rings. The Kier molecular flexibility index (Phi) is 5.48. The summed E-state index contributed by atoms with van der Waals surface area (Å²) in [5.41, 5.74) is 0.934. The number of fused-ring (bicyclic) bond motifs is 1. The first kappa shape index (κ1) is 19.0. The van der Waals surface area contributed by atoms with Crippen LogP contribution in [0.1, 0.15) is 29.3 Å². The minimum absolute atomic E-state index is 0.0543.